The largest absolute Gasteiger partial charge is 0.367 e. The molecule has 1 heterocycles. The standard InChI is InChI=1S/C11H19N3/c1-4-14-11(5-6-12-14)13-10-7-8(2)9(10)3/h5-6,8-10,13H,4,7H2,1-3H3. The Morgan fingerprint density at radius 1 is 1.57 bits per heavy atom. The molecule has 0 aliphatic heterocycles. The van der Waals surface area contributed by atoms with E-state index < -0.39 is 0 Å². The summed E-state index contributed by atoms with van der Waals surface area (Å²) >= 11 is 0. The van der Waals surface area contributed by atoms with Crippen LogP contribution in [0.4, 0.5) is 5.82 Å². The van der Waals surface area contributed by atoms with Gasteiger partial charge < -0.3 is 5.32 Å². The van der Waals surface area contributed by atoms with Crippen molar-refractivity contribution in [2.75, 3.05) is 5.32 Å². The molecule has 1 aromatic rings. The van der Waals surface area contributed by atoms with Crippen LogP contribution in [-0.2, 0) is 6.54 Å². The number of nitrogens with zero attached hydrogens (tertiary/aromatic N) is 2. The molecule has 3 atom stereocenters. The fourth-order valence-electron chi connectivity index (χ4n) is 2.12. The van der Waals surface area contributed by atoms with Gasteiger partial charge in [0.2, 0.25) is 0 Å². The molecule has 0 spiro atoms. The van der Waals surface area contributed by atoms with E-state index >= 15 is 0 Å². The lowest BCUT2D eigenvalue weighted by molar-refractivity contribution is 0.188. The van der Waals surface area contributed by atoms with Gasteiger partial charge in [-0.05, 0) is 25.2 Å². The van der Waals surface area contributed by atoms with Gasteiger partial charge in [0, 0.05) is 18.7 Å². The highest BCUT2D eigenvalue weighted by atomic mass is 15.3. The highest BCUT2D eigenvalue weighted by Crippen LogP contribution is 2.35. The molecule has 0 radical (unpaired) electrons. The first-order valence-corrected chi connectivity index (χ1v) is 5.50. The van der Waals surface area contributed by atoms with Gasteiger partial charge in [0.1, 0.15) is 5.82 Å². The SMILES string of the molecule is CCn1nccc1NC1CC(C)C1C. The zero-order valence-electron chi connectivity index (χ0n) is 9.20. The number of hydrogen-bond acceptors (Lipinski definition) is 2. The number of aryl methyl sites for hydroxylation is 1. The summed E-state index contributed by atoms with van der Waals surface area (Å²) in [5, 5.41) is 7.80. The Labute approximate surface area is 85.5 Å². The van der Waals surface area contributed by atoms with Gasteiger partial charge in [-0.15, -0.1) is 0 Å². The second-order valence-corrected chi connectivity index (χ2v) is 4.36. The van der Waals surface area contributed by atoms with Crippen LogP contribution in [0.3, 0.4) is 0 Å². The first kappa shape index (κ1) is 9.56. The molecule has 2 rings (SSSR count). The summed E-state index contributed by atoms with van der Waals surface area (Å²) in [6, 6.07) is 2.70. The van der Waals surface area contributed by atoms with Crippen LogP contribution in [0.5, 0.6) is 0 Å². The molecule has 1 aliphatic rings. The smallest absolute Gasteiger partial charge is 0.124 e. The zero-order chi connectivity index (χ0) is 10.1. The van der Waals surface area contributed by atoms with Crippen molar-refractivity contribution in [1.82, 2.24) is 9.78 Å². The molecule has 1 saturated carbocycles. The molecule has 3 unspecified atom stereocenters. The Morgan fingerprint density at radius 3 is 2.93 bits per heavy atom. The van der Waals surface area contributed by atoms with Gasteiger partial charge in [0.25, 0.3) is 0 Å². The normalized spacial score (nSPS) is 31.2. The summed E-state index contributed by atoms with van der Waals surface area (Å²) in [7, 11) is 0. The van der Waals surface area contributed by atoms with Gasteiger partial charge in [-0.3, -0.25) is 4.68 Å². The van der Waals surface area contributed by atoms with Crippen molar-refractivity contribution < 1.29 is 0 Å². The molecule has 3 heteroatoms. The molecule has 1 aromatic heterocycles. The predicted octanol–water partition coefficient (Wildman–Crippen LogP) is 2.36. The Morgan fingerprint density at radius 2 is 2.36 bits per heavy atom. The van der Waals surface area contributed by atoms with Crippen molar-refractivity contribution in [3.05, 3.63) is 12.3 Å². The Bertz CT molecular complexity index is 305. The van der Waals surface area contributed by atoms with Crippen LogP contribution in [0.25, 0.3) is 0 Å². The summed E-state index contributed by atoms with van der Waals surface area (Å²) in [5.41, 5.74) is 0. The van der Waals surface area contributed by atoms with Crippen LogP contribution in [-0.4, -0.2) is 15.8 Å². The number of aromatic nitrogens is 2. The minimum absolute atomic E-state index is 0.645. The highest BCUT2D eigenvalue weighted by Gasteiger charge is 2.34. The summed E-state index contributed by atoms with van der Waals surface area (Å²) < 4.78 is 2.01. The van der Waals surface area contributed by atoms with E-state index in [0.29, 0.717) is 6.04 Å². The number of nitrogens with one attached hydrogen (secondary N) is 1. The molecule has 78 valence electrons. The average Bonchev–Trinajstić information content (AvgIpc) is 2.64. The van der Waals surface area contributed by atoms with E-state index in [9.17, 15) is 0 Å². The van der Waals surface area contributed by atoms with Gasteiger partial charge in [-0.25, -0.2) is 0 Å². The van der Waals surface area contributed by atoms with Crippen molar-refractivity contribution in [3.8, 4) is 0 Å². The molecule has 0 saturated heterocycles. The van der Waals surface area contributed by atoms with Crippen molar-refractivity contribution >= 4 is 5.82 Å². The lowest BCUT2D eigenvalue weighted by Crippen LogP contribution is -2.43. The lowest BCUT2D eigenvalue weighted by atomic mass is 9.71. The summed E-state index contributed by atoms with van der Waals surface area (Å²) in [5.74, 6) is 2.82. The zero-order valence-corrected chi connectivity index (χ0v) is 9.20. The first-order chi connectivity index (χ1) is 6.72. The quantitative estimate of drug-likeness (QED) is 0.798. The van der Waals surface area contributed by atoms with Gasteiger partial charge in [0.05, 0.1) is 6.20 Å². The van der Waals surface area contributed by atoms with E-state index in [1.54, 1.807) is 0 Å². The maximum Gasteiger partial charge on any atom is 0.124 e. The fourth-order valence-corrected chi connectivity index (χ4v) is 2.12. The van der Waals surface area contributed by atoms with Crippen LogP contribution >= 0.6 is 0 Å². The van der Waals surface area contributed by atoms with Gasteiger partial charge in [-0.1, -0.05) is 13.8 Å². The molecule has 0 amide bonds. The van der Waals surface area contributed by atoms with E-state index in [4.69, 9.17) is 0 Å². The molecule has 1 fully saturated rings. The third-order valence-corrected chi connectivity index (χ3v) is 3.51. The minimum Gasteiger partial charge on any atom is -0.367 e. The molecule has 3 nitrogen and oxygen atoms in total. The second kappa shape index (κ2) is 3.64. The Hall–Kier alpha value is -0.990. The Balaban J connectivity index is 1.98. The van der Waals surface area contributed by atoms with Gasteiger partial charge in [-0.2, -0.15) is 5.10 Å². The maximum atomic E-state index is 4.24. The number of anilines is 1. The van der Waals surface area contributed by atoms with Crippen LogP contribution in [0.1, 0.15) is 27.2 Å². The molecule has 0 bridgehead atoms. The summed E-state index contributed by atoms with van der Waals surface area (Å²) in [6.07, 6.45) is 3.15. The van der Waals surface area contributed by atoms with Crippen LogP contribution < -0.4 is 5.32 Å². The van der Waals surface area contributed by atoms with Crippen LogP contribution in [0.15, 0.2) is 12.3 Å². The van der Waals surface area contributed by atoms with E-state index in [2.05, 4.69) is 37.3 Å². The van der Waals surface area contributed by atoms with E-state index in [0.717, 1.165) is 24.2 Å². The summed E-state index contributed by atoms with van der Waals surface area (Å²) in [4.78, 5) is 0. The van der Waals surface area contributed by atoms with Gasteiger partial charge in [0.15, 0.2) is 0 Å². The number of rotatable bonds is 3. The lowest BCUT2D eigenvalue weighted by Gasteiger charge is -2.41. The molecular formula is C11H19N3. The van der Waals surface area contributed by atoms with Crippen LogP contribution in [0, 0.1) is 11.8 Å². The number of hydrogen-bond donors (Lipinski definition) is 1. The predicted molar refractivity (Wildman–Crippen MR) is 58.3 cm³/mol. The third kappa shape index (κ3) is 1.51. The van der Waals surface area contributed by atoms with Crippen molar-refractivity contribution in [2.45, 2.75) is 39.8 Å². The maximum absolute atomic E-state index is 4.24. The Kier molecular flexibility index (Phi) is 2.48. The van der Waals surface area contributed by atoms with Crippen molar-refractivity contribution in [1.29, 1.82) is 0 Å². The van der Waals surface area contributed by atoms with Crippen molar-refractivity contribution in [3.63, 3.8) is 0 Å². The summed E-state index contributed by atoms with van der Waals surface area (Å²) in [6.45, 7) is 7.69. The second-order valence-electron chi connectivity index (χ2n) is 4.36. The van der Waals surface area contributed by atoms with E-state index in [1.165, 1.54) is 6.42 Å². The monoisotopic (exact) mass is 193 g/mol. The first-order valence-electron chi connectivity index (χ1n) is 5.50. The molecule has 1 aliphatic carbocycles. The molecular weight excluding hydrogens is 174 g/mol. The molecule has 14 heavy (non-hydrogen) atoms. The molecule has 1 N–H and O–H groups in total. The van der Waals surface area contributed by atoms with Gasteiger partial charge >= 0.3 is 0 Å². The van der Waals surface area contributed by atoms with Crippen molar-refractivity contribution in [2.24, 2.45) is 11.8 Å². The average molecular weight is 193 g/mol. The third-order valence-electron chi connectivity index (χ3n) is 3.51. The fraction of sp³-hybridized carbons (Fsp3) is 0.727. The minimum atomic E-state index is 0.645. The molecule has 0 aromatic carbocycles. The highest BCUT2D eigenvalue weighted by molar-refractivity contribution is 5.36. The van der Waals surface area contributed by atoms with E-state index in [1.807, 2.05) is 10.9 Å². The van der Waals surface area contributed by atoms with Crippen LogP contribution in [0.2, 0.25) is 0 Å². The van der Waals surface area contributed by atoms with E-state index in [-0.39, 0.29) is 0 Å². The topological polar surface area (TPSA) is 29.9 Å².